The fourth-order valence-electron chi connectivity index (χ4n) is 2.00. The highest BCUT2D eigenvalue weighted by Gasteiger charge is 2.11. The molecule has 1 N–H and O–H groups in total. The van der Waals surface area contributed by atoms with Crippen LogP contribution in [-0.2, 0) is 16.1 Å². The minimum Gasteiger partial charge on any atom is -0.452 e. The number of nitrogens with zero attached hydrogens (tertiary/aromatic N) is 1. The molecule has 0 saturated carbocycles. The van der Waals surface area contributed by atoms with Crippen molar-refractivity contribution in [3.05, 3.63) is 65.5 Å². The summed E-state index contributed by atoms with van der Waals surface area (Å²) in [6.45, 7) is -0.372. The Morgan fingerprint density at radius 3 is 2.38 bits per heavy atom. The van der Waals surface area contributed by atoms with Gasteiger partial charge in [0.15, 0.2) is 6.61 Å². The van der Waals surface area contributed by atoms with Gasteiger partial charge in [-0.2, -0.15) is 0 Å². The smallest absolute Gasteiger partial charge is 0.338 e. The zero-order valence-electron chi connectivity index (χ0n) is 13.6. The summed E-state index contributed by atoms with van der Waals surface area (Å²) in [4.78, 5) is 25.5. The van der Waals surface area contributed by atoms with Gasteiger partial charge >= 0.3 is 5.97 Å². The lowest BCUT2D eigenvalue weighted by Crippen LogP contribution is -2.28. The van der Waals surface area contributed by atoms with Gasteiger partial charge in [-0.1, -0.05) is 18.2 Å². The normalized spacial score (nSPS) is 10.1. The third-order valence-electron chi connectivity index (χ3n) is 3.39. The van der Waals surface area contributed by atoms with Crippen molar-refractivity contribution < 1.29 is 18.7 Å². The SMILES string of the molecule is CN(C)c1ccc(C(=O)OCC(=O)NCc2ccccc2F)cc1. The highest BCUT2D eigenvalue weighted by Crippen LogP contribution is 2.13. The molecule has 2 aromatic rings. The topological polar surface area (TPSA) is 58.6 Å². The molecule has 0 aliphatic carbocycles. The molecule has 0 aliphatic heterocycles. The van der Waals surface area contributed by atoms with Gasteiger partial charge in [0.25, 0.3) is 5.91 Å². The summed E-state index contributed by atoms with van der Waals surface area (Å²) in [5.41, 5.74) is 1.69. The van der Waals surface area contributed by atoms with Crippen LogP contribution in [0.1, 0.15) is 15.9 Å². The van der Waals surface area contributed by atoms with Gasteiger partial charge < -0.3 is 15.0 Å². The van der Waals surface area contributed by atoms with E-state index in [-0.39, 0.29) is 6.54 Å². The summed E-state index contributed by atoms with van der Waals surface area (Å²) < 4.78 is 18.4. The predicted octanol–water partition coefficient (Wildman–Crippen LogP) is 2.36. The number of hydrogen-bond acceptors (Lipinski definition) is 4. The first-order chi connectivity index (χ1) is 11.5. The van der Waals surface area contributed by atoms with E-state index in [4.69, 9.17) is 4.74 Å². The van der Waals surface area contributed by atoms with Crippen molar-refractivity contribution in [2.24, 2.45) is 0 Å². The lowest BCUT2D eigenvalue weighted by molar-refractivity contribution is -0.124. The molecule has 2 rings (SSSR count). The fraction of sp³-hybridized carbons (Fsp3) is 0.222. The fourth-order valence-corrected chi connectivity index (χ4v) is 2.00. The van der Waals surface area contributed by atoms with Gasteiger partial charge in [-0.25, -0.2) is 9.18 Å². The van der Waals surface area contributed by atoms with Crippen molar-refractivity contribution in [1.29, 1.82) is 0 Å². The molecule has 24 heavy (non-hydrogen) atoms. The zero-order valence-corrected chi connectivity index (χ0v) is 13.6. The molecule has 0 heterocycles. The molecule has 0 aliphatic rings. The molecule has 126 valence electrons. The molecule has 5 nitrogen and oxygen atoms in total. The predicted molar refractivity (Wildman–Crippen MR) is 89.3 cm³/mol. The summed E-state index contributed by atoms with van der Waals surface area (Å²) in [7, 11) is 3.79. The summed E-state index contributed by atoms with van der Waals surface area (Å²) in [5, 5.41) is 2.51. The minimum atomic E-state index is -0.582. The number of benzene rings is 2. The average molecular weight is 330 g/mol. The molecule has 2 aromatic carbocycles. The van der Waals surface area contributed by atoms with Crippen molar-refractivity contribution in [3.8, 4) is 0 Å². The third kappa shape index (κ3) is 4.81. The second-order valence-corrected chi connectivity index (χ2v) is 5.39. The number of carbonyl (C=O) groups excluding carboxylic acids is 2. The lowest BCUT2D eigenvalue weighted by atomic mass is 10.2. The molecular formula is C18H19FN2O3. The van der Waals surface area contributed by atoms with Crippen LogP contribution in [0.15, 0.2) is 48.5 Å². The second kappa shape index (κ2) is 8.10. The van der Waals surface area contributed by atoms with Crippen molar-refractivity contribution in [2.45, 2.75) is 6.54 Å². The van der Waals surface area contributed by atoms with E-state index >= 15 is 0 Å². The van der Waals surface area contributed by atoms with E-state index in [9.17, 15) is 14.0 Å². The third-order valence-corrected chi connectivity index (χ3v) is 3.39. The number of halogens is 1. The largest absolute Gasteiger partial charge is 0.452 e. The second-order valence-electron chi connectivity index (χ2n) is 5.39. The Bertz CT molecular complexity index is 714. The van der Waals surface area contributed by atoms with Crippen LogP contribution >= 0.6 is 0 Å². The Morgan fingerprint density at radius 2 is 1.75 bits per heavy atom. The molecule has 0 aromatic heterocycles. The maximum absolute atomic E-state index is 13.4. The van der Waals surface area contributed by atoms with Crippen molar-refractivity contribution in [3.63, 3.8) is 0 Å². The first-order valence-electron chi connectivity index (χ1n) is 7.42. The van der Waals surface area contributed by atoms with Gasteiger partial charge in [0.1, 0.15) is 5.82 Å². The van der Waals surface area contributed by atoms with E-state index in [1.54, 1.807) is 42.5 Å². The van der Waals surface area contributed by atoms with Gasteiger partial charge in [-0.05, 0) is 30.3 Å². The Kier molecular flexibility index (Phi) is 5.89. The van der Waals surface area contributed by atoms with Crippen molar-refractivity contribution in [1.82, 2.24) is 5.32 Å². The molecule has 0 bridgehead atoms. The van der Waals surface area contributed by atoms with Gasteiger partial charge in [0, 0.05) is 31.9 Å². The number of ether oxygens (including phenoxy) is 1. The number of hydrogen-bond donors (Lipinski definition) is 1. The van der Waals surface area contributed by atoms with E-state index < -0.39 is 24.3 Å². The van der Waals surface area contributed by atoms with Crippen LogP contribution in [0.5, 0.6) is 0 Å². The molecule has 0 radical (unpaired) electrons. The van der Waals surface area contributed by atoms with Crippen LogP contribution < -0.4 is 10.2 Å². The minimum absolute atomic E-state index is 0.0423. The maximum Gasteiger partial charge on any atom is 0.338 e. The number of rotatable bonds is 6. The lowest BCUT2D eigenvalue weighted by Gasteiger charge is -2.12. The Labute approximate surface area is 140 Å². The molecule has 0 saturated heterocycles. The molecule has 0 spiro atoms. The molecule has 0 unspecified atom stereocenters. The summed E-state index contributed by atoms with van der Waals surface area (Å²) in [6, 6.07) is 13.0. The molecule has 1 amide bonds. The van der Waals surface area contributed by atoms with Crippen molar-refractivity contribution in [2.75, 3.05) is 25.6 Å². The Balaban J connectivity index is 1.80. The van der Waals surface area contributed by atoms with Crippen LogP contribution in [0.4, 0.5) is 10.1 Å². The standard InChI is InChI=1S/C18H19FN2O3/c1-21(2)15-9-7-13(8-10-15)18(23)24-12-17(22)20-11-14-5-3-4-6-16(14)19/h3-10H,11-12H2,1-2H3,(H,20,22). The number of carbonyl (C=O) groups is 2. The van der Waals surface area contributed by atoms with Gasteiger partial charge in [0.2, 0.25) is 0 Å². The van der Waals surface area contributed by atoms with E-state index in [0.29, 0.717) is 11.1 Å². The van der Waals surface area contributed by atoms with Gasteiger partial charge in [0.05, 0.1) is 5.56 Å². The molecule has 0 atom stereocenters. The average Bonchev–Trinajstić information content (AvgIpc) is 2.59. The van der Waals surface area contributed by atoms with E-state index in [0.717, 1.165) is 5.69 Å². The monoisotopic (exact) mass is 330 g/mol. The van der Waals surface area contributed by atoms with Crippen LogP contribution in [-0.4, -0.2) is 32.6 Å². The Hall–Kier alpha value is -2.89. The number of nitrogens with one attached hydrogen (secondary N) is 1. The highest BCUT2D eigenvalue weighted by atomic mass is 19.1. The van der Waals surface area contributed by atoms with Crippen LogP contribution in [0.3, 0.4) is 0 Å². The summed E-state index contributed by atoms with van der Waals surface area (Å²) in [6.07, 6.45) is 0. The zero-order chi connectivity index (χ0) is 17.5. The summed E-state index contributed by atoms with van der Waals surface area (Å²) in [5.74, 6) is -1.46. The van der Waals surface area contributed by atoms with E-state index in [1.165, 1.54) is 6.07 Å². The van der Waals surface area contributed by atoms with Crippen molar-refractivity contribution >= 4 is 17.6 Å². The highest BCUT2D eigenvalue weighted by molar-refractivity contribution is 5.91. The number of amides is 1. The quantitative estimate of drug-likeness (QED) is 0.826. The summed E-state index contributed by atoms with van der Waals surface area (Å²) >= 11 is 0. The maximum atomic E-state index is 13.4. The van der Waals surface area contributed by atoms with Crippen LogP contribution in [0.25, 0.3) is 0 Å². The van der Waals surface area contributed by atoms with Crippen LogP contribution in [0, 0.1) is 5.82 Å². The van der Waals surface area contributed by atoms with Crippen LogP contribution in [0.2, 0.25) is 0 Å². The molecular weight excluding hydrogens is 311 g/mol. The first-order valence-corrected chi connectivity index (χ1v) is 7.42. The first kappa shape index (κ1) is 17.5. The van der Waals surface area contributed by atoms with E-state index in [1.807, 2.05) is 19.0 Å². The molecule has 6 heteroatoms. The van der Waals surface area contributed by atoms with Gasteiger partial charge in [-0.3, -0.25) is 4.79 Å². The molecule has 0 fully saturated rings. The van der Waals surface area contributed by atoms with E-state index in [2.05, 4.69) is 5.32 Å². The van der Waals surface area contributed by atoms with Gasteiger partial charge in [-0.15, -0.1) is 0 Å². The number of anilines is 1. The number of esters is 1. The Morgan fingerprint density at radius 1 is 1.08 bits per heavy atom.